The van der Waals surface area contributed by atoms with E-state index < -0.39 is 6.10 Å². The molecule has 2 aromatic heterocycles. The summed E-state index contributed by atoms with van der Waals surface area (Å²) in [6, 6.07) is 7.21. The Morgan fingerprint density at radius 2 is 2.11 bits per heavy atom. The van der Waals surface area contributed by atoms with Crippen molar-refractivity contribution in [2.45, 2.75) is 24.4 Å². The molecule has 2 aliphatic rings. The summed E-state index contributed by atoms with van der Waals surface area (Å²) in [6.07, 6.45) is 2.26. The van der Waals surface area contributed by atoms with Gasteiger partial charge in [0, 0.05) is 18.5 Å². The maximum atomic E-state index is 12.7. The summed E-state index contributed by atoms with van der Waals surface area (Å²) in [6.45, 7) is 0.659. The molecule has 2 N–H and O–H groups in total. The molecule has 2 fully saturated rings. The second kappa shape index (κ2) is 6.19. The van der Waals surface area contributed by atoms with E-state index in [9.17, 15) is 9.90 Å². The number of aliphatic hydroxyl groups excluding tert-OH is 1. The number of aromatic nitrogens is 3. The summed E-state index contributed by atoms with van der Waals surface area (Å²) in [5, 5.41) is 10.8. The quantitative estimate of drug-likeness (QED) is 0.717. The van der Waals surface area contributed by atoms with Gasteiger partial charge in [-0.05, 0) is 23.6 Å². The van der Waals surface area contributed by atoms with Crippen LogP contribution in [0, 0.1) is 0 Å². The fraction of sp³-hybridized carbons (Fsp3) is 0.368. The lowest BCUT2D eigenvalue weighted by Gasteiger charge is -2.19. The monoisotopic (exact) mass is 369 g/mol. The van der Waals surface area contributed by atoms with Crippen molar-refractivity contribution in [3.8, 4) is 17.1 Å². The highest BCUT2D eigenvalue weighted by molar-refractivity contribution is 5.83. The number of hydrogen-bond acceptors (Lipinski definition) is 6. The first kappa shape index (κ1) is 16.5. The van der Waals surface area contributed by atoms with Crippen LogP contribution >= 0.6 is 0 Å². The van der Waals surface area contributed by atoms with Gasteiger partial charge in [-0.25, -0.2) is 4.98 Å². The average molecular weight is 369 g/mol. The van der Waals surface area contributed by atoms with Crippen molar-refractivity contribution in [2.75, 3.05) is 20.3 Å². The molecular weight excluding hydrogens is 350 g/mol. The Kier molecular flexibility index (Phi) is 3.78. The fourth-order valence-corrected chi connectivity index (χ4v) is 3.96. The molecule has 0 unspecified atom stereocenters. The standard InChI is InChI=1S/C19H19N3O5/c1-25-11-3-2-10-6-12(19(24)21-13(10)7-11)18-20-4-5-22(18)14-8-26-17-15(23)9-27-16(14)17/h2-7,14-17,23H,8-9H2,1H3,(H,21,24)/t14-,15-,16-,17-/m1/s1. The maximum absolute atomic E-state index is 12.7. The van der Waals surface area contributed by atoms with Crippen LogP contribution in [0.15, 0.2) is 41.5 Å². The molecule has 140 valence electrons. The van der Waals surface area contributed by atoms with Crippen LogP contribution in [0.2, 0.25) is 0 Å². The number of rotatable bonds is 3. The van der Waals surface area contributed by atoms with Crippen molar-refractivity contribution in [3.05, 3.63) is 47.0 Å². The molecule has 0 radical (unpaired) electrons. The van der Waals surface area contributed by atoms with Gasteiger partial charge in [-0.1, -0.05) is 0 Å². The molecule has 0 amide bonds. The second-order valence-corrected chi connectivity index (χ2v) is 6.85. The molecule has 1 aromatic carbocycles. The normalized spacial score (nSPS) is 27.2. The Hall–Kier alpha value is -2.68. The molecule has 0 spiro atoms. The van der Waals surface area contributed by atoms with Gasteiger partial charge in [0.05, 0.1) is 37.4 Å². The van der Waals surface area contributed by atoms with E-state index in [1.54, 1.807) is 19.4 Å². The van der Waals surface area contributed by atoms with E-state index in [4.69, 9.17) is 14.2 Å². The minimum absolute atomic E-state index is 0.143. The Morgan fingerprint density at radius 3 is 2.96 bits per heavy atom. The predicted octanol–water partition coefficient (Wildman–Crippen LogP) is 1.10. The van der Waals surface area contributed by atoms with Gasteiger partial charge in [-0.2, -0.15) is 0 Å². The first-order chi connectivity index (χ1) is 13.2. The molecule has 4 heterocycles. The minimum atomic E-state index is -0.619. The van der Waals surface area contributed by atoms with Gasteiger partial charge in [0.25, 0.3) is 5.56 Å². The smallest absolute Gasteiger partial charge is 0.259 e. The zero-order chi connectivity index (χ0) is 18.5. The van der Waals surface area contributed by atoms with E-state index in [0.29, 0.717) is 29.3 Å². The number of aliphatic hydroxyl groups is 1. The number of imidazole rings is 1. The molecular formula is C19H19N3O5. The number of H-pyrrole nitrogens is 1. The van der Waals surface area contributed by atoms with E-state index in [-0.39, 0.29) is 30.4 Å². The van der Waals surface area contributed by atoms with Crippen LogP contribution in [0.25, 0.3) is 22.3 Å². The molecule has 8 heteroatoms. The summed E-state index contributed by atoms with van der Waals surface area (Å²) in [7, 11) is 1.59. The van der Waals surface area contributed by atoms with Crippen molar-refractivity contribution in [1.82, 2.24) is 14.5 Å². The number of hydrogen-bond donors (Lipinski definition) is 2. The van der Waals surface area contributed by atoms with Gasteiger partial charge in [-0.3, -0.25) is 4.79 Å². The summed E-state index contributed by atoms with van der Waals surface area (Å²) < 4.78 is 18.6. The van der Waals surface area contributed by atoms with E-state index in [1.807, 2.05) is 29.0 Å². The van der Waals surface area contributed by atoms with Gasteiger partial charge < -0.3 is 28.9 Å². The summed E-state index contributed by atoms with van der Waals surface area (Å²) in [5.74, 6) is 1.23. The Balaban J connectivity index is 1.58. The molecule has 3 aromatic rings. The zero-order valence-corrected chi connectivity index (χ0v) is 14.7. The number of nitrogens with one attached hydrogen (secondary N) is 1. The molecule has 0 saturated carbocycles. The zero-order valence-electron chi connectivity index (χ0n) is 14.7. The number of ether oxygens (including phenoxy) is 3. The molecule has 5 rings (SSSR count). The van der Waals surface area contributed by atoms with Crippen molar-refractivity contribution in [1.29, 1.82) is 0 Å². The SMILES string of the molecule is COc1ccc2cc(-c3nccn3[C@@H]3CO[C@H]4[C@@H]3OC[C@H]4O)c(=O)[nH]c2c1. The number of aromatic amines is 1. The third-order valence-electron chi connectivity index (χ3n) is 5.32. The number of fused-ring (bicyclic) bond motifs is 2. The molecule has 0 bridgehead atoms. The van der Waals surface area contributed by atoms with Crippen LogP contribution in [-0.4, -0.2) is 58.3 Å². The third kappa shape index (κ3) is 2.56. The molecule has 0 aliphatic carbocycles. The van der Waals surface area contributed by atoms with Gasteiger partial charge in [0.2, 0.25) is 0 Å². The number of methoxy groups -OCH3 is 1. The largest absolute Gasteiger partial charge is 0.497 e. The molecule has 4 atom stereocenters. The molecule has 2 aliphatic heterocycles. The predicted molar refractivity (Wildman–Crippen MR) is 96.9 cm³/mol. The highest BCUT2D eigenvalue weighted by atomic mass is 16.6. The second-order valence-electron chi connectivity index (χ2n) is 6.85. The number of nitrogens with zero attached hydrogens (tertiary/aromatic N) is 2. The van der Waals surface area contributed by atoms with E-state index in [0.717, 1.165) is 5.39 Å². The van der Waals surface area contributed by atoms with Crippen LogP contribution in [0.5, 0.6) is 5.75 Å². The first-order valence-electron chi connectivity index (χ1n) is 8.81. The lowest BCUT2D eigenvalue weighted by Crippen LogP contribution is -2.30. The van der Waals surface area contributed by atoms with Crippen LogP contribution in [0.4, 0.5) is 0 Å². The van der Waals surface area contributed by atoms with Crippen LogP contribution < -0.4 is 10.3 Å². The lowest BCUT2D eigenvalue weighted by molar-refractivity contribution is 0.0172. The fourth-order valence-electron chi connectivity index (χ4n) is 3.96. The van der Waals surface area contributed by atoms with Crippen molar-refractivity contribution in [3.63, 3.8) is 0 Å². The topological polar surface area (TPSA) is 98.6 Å². The van der Waals surface area contributed by atoms with Gasteiger partial charge >= 0.3 is 0 Å². The number of pyridine rings is 1. The lowest BCUT2D eigenvalue weighted by atomic mass is 10.1. The van der Waals surface area contributed by atoms with E-state index in [1.165, 1.54) is 0 Å². The average Bonchev–Trinajstić information content (AvgIpc) is 3.38. The molecule has 2 saturated heterocycles. The van der Waals surface area contributed by atoms with Crippen LogP contribution in [0.1, 0.15) is 6.04 Å². The molecule has 8 nitrogen and oxygen atoms in total. The number of benzene rings is 1. The highest BCUT2D eigenvalue weighted by Crippen LogP contribution is 2.36. The van der Waals surface area contributed by atoms with Gasteiger partial charge in [0.1, 0.15) is 29.9 Å². The van der Waals surface area contributed by atoms with Crippen LogP contribution in [-0.2, 0) is 9.47 Å². The summed E-state index contributed by atoms with van der Waals surface area (Å²) in [4.78, 5) is 20.0. The van der Waals surface area contributed by atoms with Crippen molar-refractivity contribution < 1.29 is 19.3 Å². The Labute approximate surface area is 154 Å². The van der Waals surface area contributed by atoms with Gasteiger partial charge in [-0.15, -0.1) is 0 Å². The van der Waals surface area contributed by atoms with E-state index in [2.05, 4.69) is 9.97 Å². The Bertz CT molecular complexity index is 1060. The van der Waals surface area contributed by atoms with Gasteiger partial charge in [0.15, 0.2) is 0 Å². The summed E-state index contributed by atoms with van der Waals surface area (Å²) >= 11 is 0. The summed E-state index contributed by atoms with van der Waals surface area (Å²) in [5.41, 5.74) is 0.943. The first-order valence-corrected chi connectivity index (χ1v) is 8.81. The minimum Gasteiger partial charge on any atom is -0.497 e. The third-order valence-corrected chi connectivity index (χ3v) is 5.32. The van der Waals surface area contributed by atoms with E-state index >= 15 is 0 Å². The molecule has 27 heavy (non-hydrogen) atoms. The van der Waals surface area contributed by atoms with Crippen LogP contribution in [0.3, 0.4) is 0 Å². The maximum Gasteiger partial charge on any atom is 0.259 e. The van der Waals surface area contributed by atoms with Crippen molar-refractivity contribution in [2.24, 2.45) is 0 Å². The van der Waals surface area contributed by atoms with Crippen molar-refractivity contribution >= 4 is 10.9 Å². The highest BCUT2D eigenvalue weighted by Gasteiger charge is 2.48. The Morgan fingerprint density at radius 1 is 1.26 bits per heavy atom.